The lowest BCUT2D eigenvalue weighted by Gasteiger charge is -2.41. The molecule has 0 amide bonds. The first-order chi connectivity index (χ1) is 13.2. The Morgan fingerprint density at radius 3 is 2.68 bits per heavy atom. The topological polar surface area (TPSA) is 66.8 Å². The fraction of sp³-hybridized carbons (Fsp3) is 0.625. The first-order valence-corrected chi connectivity index (χ1v) is 10.7. The van der Waals surface area contributed by atoms with Crippen LogP contribution >= 0.6 is 0 Å². The van der Waals surface area contributed by atoms with Gasteiger partial charge in [0.2, 0.25) is 0 Å². The van der Waals surface area contributed by atoms with Crippen molar-refractivity contribution in [3.8, 4) is 11.5 Å². The summed E-state index contributed by atoms with van der Waals surface area (Å²) in [5.41, 5.74) is 2.29. The van der Waals surface area contributed by atoms with Gasteiger partial charge in [0.05, 0.1) is 6.10 Å². The van der Waals surface area contributed by atoms with Crippen molar-refractivity contribution in [2.24, 2.45) is 5.92 Å². The fourth-order valence-electron chi connectivity index (χ4n) is 4.82. The predicted molar refractivity (Wildman–Crippen MR) is 111 cm³/mol. The smallest absolute Gasteiger partial charge is 0.331 e. The molecule has 0 radical (unpaired) electrons. The van der Waals surface area contributed by atoms with Gasteiger partial charge in [-0.2, -0.15) is 0 Å². The monoisotopic (exact) mass is 386 g/mol. The minimum absolute atomic E-state index is 0.00318. The van der Waals surface area contributed by atoms with E-state index in [2.05, 4.69) is 33.8 Å². The van der Waals surface area contributed by atoms with Gasteiger partial charge in [-0.1, -0.05) is 52.5 Å². The first-order valence-electron chi connectivity index (χ1n) is 10.7. The van der Waals surface area contributed by atoms with E-state index in [1.807, 2.05) is 12.1 Å². The molecule has 28 heavy (non-hydrogen) atoms. The minimum Gasteiger partial charge on any atom is -0.508 e. The molecule has 1 aromatic rings. The Bertz CT molecular complexity index is 762. The number of carboxylic acids is 1. The highest BCUT2D eigenvalue weighted by Gasteiger charge is 2.41. The van der Waals surface area contributed by atoms with Gasteiger partial charge >= 0.3 is 5.97 Å². The van der Waals surface area contributed by atoms with E-state index in [-0.39, 0.29) is 29.1 Å². The molecule has 0 saturated heterocycles. The van der Waals surface area contributed by atoms with Gasteiger partial charge in [0.15, 0.2) is 0 Å². The second-order valence-corrected chi connectivity index (χ2v) is 9.17. The summed E-state index contributed by atoms with van der Waals surface area (Å²) in [4.78, 5) is 11.5. The third-order valence-electron chi connectivity index (χ3n) is 6.71. The third-order valence-corrected chi connectivity index (χ3v) is 6.71. The summed E-state index contributed by atoms with van der Waals surface area (Å²) in [7, 11) is 0. The molecular weight excluding hydrogens is 352 g/mol. The normalized spacial score (nSPS) is 24.0. The molecule has 2 aliphatic rings. The molecule has 1 aromatic carbocycles. The van der Waals surface area contributed by atoms with Gasteiger partial charge in [0.25, 0.3) is 0 Å². The predicted octanol–water partition coefficient (Wildman–Crippen LogP) is 5.93. The van der Waals surface area contributed by atoms with Crippen molar-refractivity contribution in [2.45, 2.75) is 90.1 Å². The number of carbonyl (C=O) groups is 1. The van der Waals surface area contributed by atoms with Crippen molar-refractivity contribution in [1.29, 1.82) is 0 Å². The molecule has 3 atom stereocenters. The summed E-state index contributed by atoms with van der Waals surface area (Å²) >= 11 is 0. The number of phenols is 1. The summed E-state index contributed by atoms with van der Waals surface area (Å²) < 4.78 is 6.22. The number of hydrogen-bond acceptors (Lipinski definition) is 3. The summed E-state index contributed by atoms with van der Waals surface area (Å²) in [6.07, 6.45) is 8.91. The molecule has 0 aromatic heterocycles. The summed E-state index contributed by atoms with van der Waals surface area (Å²) in [5.74, 6) is 0.328. The lowest BCUT2D eigenvalue weighted by atomic mass is 9.70. The number of allylic oxidation sites excluding steroid dienone is 1. The molecule has 1 aliphatic carbocycles. The number of aliphatic carboxylic acids is 1. The van der Waals surface area contributed by atoms with Crippen molar-refractivity contribution in [1.82, 2.24) is 0 Å². The van der Waals surface area contributed by atoms with E-state index in [0.717, 1.165) is 23.3 Å². The summed E-state index contributed by atoms with van der Waals surface area (Å²) in [6, 6.07) is 3.97. The van der Waals surface area contributed by atoms with Crippen LogP contribution in [-0.2, 0) is 10.2 Å². The molecule has 2 N–H and O–H groups in total. The van der Waals surface area contributed by atoms with Crippen LogP contribution in [0.4, 0.5) is 0 Å². The number of hydrogen-bond donors (Lipinski definition) is 2. The van der Waals surface area contributed by atoms with Crippen molar-refractivity contribution >= 4 is 5.97 Å². The third kappa shape index (κ3) is 4.06. The molecule has 0 fully saturated rings. The van der Waals surface area contributed by atoms with E-state index in [1.165, 1.54) is 25.7 Å². The average molecular weight is 387 g/mol. The van der Waals surface area contributed by atoms with E-state index in [1.54, 1.807) is 0 Å². The standard InChI is InChI=1S/C24H34O4/c1-5-6-7-8-11-24(3,4)17-13-20(25)22-19-12-16(23(26)27)9-10-18(19)15(2)28-21(22)14-17/h9,13-15,18-19,25H,5-8,10-12H2,1-4H3,(H,26,27)/t15-,18-,19+/m0/s1. The molecule has 3 rings (SSSR count). The zero-order valence-corrected chi connectivity index (χ0v) is 17.6. The van der Waals surface area contributed by atoms with Crippen LogP contribution < -0.4 is 4.74 Å². The van der Waals surface area contributed by atoms with Crippen LogP contribution in [0.15, 0.2) is 23.8 Å². The van der Waals surface area contributed by atoms with Crippen LogP contribution in [0.25, 0.3) is 0 Å². The number of phenolic OH excluding ortho intramolecular Hbond substituents is 1. The maximum absolute atomic E-state index is 11.5. The highest BCUT2D eigenvalue weighted by atomic mass is 16.5. The zero-order valence-electron chi connectivity index (χ0n) is 17.6. The molecule has 4 nitrogen and oxygen atoms in total. The second-order valence-electron chi connectivity index (χ2n) is 9.17. The lowest BCUT2D eigenvalue weighted by molar-refractivity contribution is -0.133. The Balaban J connectivity index is 1.90. The summed E-state index contributed by atoms with van der Waals surface area (Å²) in [5, 5.41) is 20.3. The Hall–Kier alpha value is -1.97. The Labute approximate surface area is 168 Å². The number of ether oxygens (including phenoxy) is 1. The van der Waals surface area contributed by atoms with Gasteiger partial charge in [-0.3, -0.25) is 0 Å². The van der Waals surface area contributed by atoms with Gasteiger partial charge in [-0.15, -0.1) is 0 Å². The van der Waals surface area contributed by atoms with Crippen LogP contribution in [0, 0.1) is 5.92 Å². The van der Waals surface area contributed by atoms with E-state index in [4.69, 9.17) is 4.74 Å². The lowest BCUT2D eigenvalue weighted by Crippen LogP contribution is -2.36. The number of aromatic hydroxyl groups is 1. The van der Waals surface area contributed by atoms with E-state index < -0.39 is 5.97 Å². The number of carboxylic acid groups (broad SMARTS) is 1. The average Bonchev–Trinajstić information content (AvgIpc) is 2.64. The highest BCUT2D eigenvalue weighted by molar-refractivity contribution is 5.87. The Kier molecular flexibility index (Phi) is 6.07. The first kappa shape index (κ1) is 20.8. The maximum atomic E-state index is 11.5. The molecular formula is C24H34O4. The Morgan fingerprint density at radius 2 is 2.00 bits per heavy atom. The van der Waals surface area contributed by atoms with Crippen molar-refractivity contribution < 1.29 is 19.7 Å². The van der Waals surface area contributed by atoms with Gasteiger partial charge in [-0.25, -0.2) is 4.79 Å². The highest BCUT2D eigenvalue weighted by Crippen LogP contribution is 2.52. The fourth-order valence-corrected chi connectivity index (χ4v) is 4.82. The van der Waals surface area contributed by atoms with Gasteiger partial charge in [0.1, 0.15) is 11.5 Å². The number of fused-ring (bicyclic) bond motifs is 3. The van der Waals surface area contributed by atoms with E-state index >= 15 is 0 Å². The van der Waals surface area contributed by atoms with E-state index in [0.29, 0.717) is 18.4 Å². The number of benzene rings is 1. The molecule has 4 heteroatoms. The van der Waals surface area contributed by atoms with E-state index in [9.17, 15) is 15.0 Å². The SMILES string of the molecule is CCCCCCC(C)(C)c1cc(O)c2c(c1)O[C@@H](C)[C@@H]1CC=C(C(=O)O)C[C@@H]21. The van der Waals surface area contributed by atoms with Crippen molar-refractivity contribution in [2.75, 3.05) is 0 Å². The van der Waals surface area contributed by atoms with Crippen LogP contribution in [0.3, 0.4) is 0 Å². The van der Waals surface area contributed by atoms with Crippen LogP contribution in [-0.4, -0.2) is 22.3 Å². The van der Waals surface area contributed by atoms with Crippen LogP contribution in [0.2, 0.25) is 0 Å². The minimum atomic E-state index is -0.858. The van der Waals surface area contributed by atoms with Crippen LogP contribution in [0.5, 0.6) is 11.5 Å². The largest absolute Gasteiger partial charge is 0.508 e. The number of unbranched alkanes of at least 4 members (excludes halogenated alkanes) is 3. The molecule has 1 aliphatic heterocycles. The van der Waals surface area contributed by atoms with Crippen LogP contribution in [0.1, 0.15) is 89.7 Å². The quantitative estimate of drug-likeness (QED) is 0.570. The molecule has 0 saturated carbocycles. The van der Waals surface area contributed by atoms with Gasteiger partial charge < -0.3 is 14.9 Å². The van der Waals surface area contributed by atoms with Crippen molar-refractivity contribution in [3.63, 3.8) is 0 Å². The van der Waals surface area contributed by atoms with Gasteiger partial charge in [-0.05, 0) is 49.3 Å². The second kappa shape index (κ2) is 8.18. The molecule has 0 spiro atoms. The molecule has 154 valence electrons. The molecule has 0 unspecified atom stereocenters. The maximum Gasteiger partial charge on any atom is 0.331 e. The zero-order chi connectivity index (χ0) is 20.5. The van der Waals surface area contributed by atoms with Crippen molar-refractivity contribution in [3.05, 3.63) is 34.9 Å². The van der Waals surface area contributed by atoms with Gasteiger partial charge in [0, 0.05) is 23.0 Å². The number of rotatable bonds is 7. The Morgan fingerprint density at radius 1 is 1.25 bits per heavy atom. The molecule has 1 heterocycles. The summed E-state index contributed by atoms with van der Waals surface area (Å²) in [6.45, 7) is 8.72. The molecule has 0 bridgehead atoms.